The van der Waals surface area contributed by atoms with Crippen molar-refractivity contribution in [3.63, 3.8) is 0 Å². The largest absolute Gasteiger partial charge is 0.476 e. The van der Waals surface area contributed by atoms with Crippen molar-refractivity contribution in [2.75, 3.05) is 26.8 Å². The first-order valence-corrected chi connectivity index (χ1v) is 13.7. The van der Waals surface area contributed by atoms with Crippen LogP contribution in [0.5, 0.6) is 5.88 Å². The summed E-state index contributed by atoms with van der Waals surface area (Å²) < 4.78 is 15.2. The fourth-order valence-corrected chi connectivity index (χ4v) is 4.32. The Morgan fingerprint density at radius 1 is 1.30 bits per heavy atom. The molecule has 0 saturated heterocycles. The van der Waals surface area contributed by atoms with Gasteiger partial charge in [-0.2, -0.15) is 0 Å². The molecule has 1 aromatic rings. The van der Waals surface area contributed by atoms with Crippen LogP contribution in [0.1, 0.15) is 53.3 Å². The zero-order valence-electron chi connectivity index (χ0n) is 18.5. The van der Waals surface area contributed by atoms with E-state index in [2.05, 4.69) is 68.3 Å². The highest BCUT2D eigenvalue weighted by Gasteiger charge is 2.37. The van der Waals surface area contributed by atoms with Crippen LogP contribution in [0.25, 0.3) is 0 Å². The van der Waals surface area contributed by atoms with Crippen molar-refractivity contribution in [1.29, 1.82) is 0 Å². The number of ether oxygens (including phenoxy) is 1. The van der Waals surface area contributed by atoms with Crippen LogP contribution in [0.2, 0.25) is 18.1 Å². The predicted octanol–water partition coefficient (Wildman–Crippen LogP) is 4.28. The van der Waals surface area contributed by atoms with Crippen molar-refractivity contribution in [3.05, 3.63) is 9.26 Å². The van der Waals surface area contributed by atoms with Crippen molar-refractivity contribution >= 4 is 30.9 Å². The summed E-state index contributed by atoms with van der Waals surface area (Å²) in [6, 6.07) is 0.108. The monoisotopic (exact) mass is 511 g/mol. The summed E-state index contributed by atoms with van der Waals surface area (Å²) >= 11 is 2.31. The predicted molar refractivity (Wildman–Crippen MR) is 122 cm³/mol. The molecular formula is C19H38IN3O3Si. The van der Waals surface area contributed by atoms with Gasteiger partial charge in [0, 0.05) is 13.1 Å². The molecule has 0 bridgehead atoms. The quantitative estimate of drug-likeness (QED) is 0.376. The van der Waals surface area contributed by atoms with Gasteiger partial charge in [-0.1, -0.05) is 20.8 Å². The van der Waals surface area contributed by atoms with Gasteiger partial charge in [0.2, 0.25) is 5.88 Å². The van der Waals surface area contributed by atoms with Crippen molar-refractivity contribution in [2.24, 2.45) is 0 Å². The maximum Gasteiger partial charge on any atom is 0.246 e. The molecule has 8 heteroatoms. The number of aromatic nitrogens is 2. The highest BCUT2D eigenvalue weighted by atomic mass is 127. The summed E-state index contributed by atoms with van der Waals surface area (Å²) in [4.78, 5) is 2.11. The lowest BCUT2D eigenvalue weighted by Gasteiger charge is -2.37. The van der Waals surface area contributed by atoms with Crippen LogP contribution in [0.4, 0.5) is 0 Å². The molecule has 1 N–H and O–H groups in total. The van der Waals surface area contributed by atoms with E-state index in [4.69, 9.17) is 14.3 Å². The minimum absolute atomic E-state index is 0.108. The Balaban J connectivity index is 3.04. The van der Waals surface area contributed by atoms with Gasteiger partial charge in [0.1, 0.15) is 0 Å². The number of halogens is 1. The molecule has 0 spiro atoms. The molecule has 2 atom stereocenters. The van der Waals surface area contributed by atoms with Gasteiger partial charge in [0.05, 0.1) is 34.6 Å². The van der Waals surface area contributed by atoms with E-state index >= 15 is 0 Å². The first kappa shape index (κ1) is 24.9. The Bertz CT molecular complexity index is 600. The van der Waals surface area contributed by atoms with Crippen LogP contribution in [0.3, 0.4) is 0 Å². The smallest absolute Gasteiger partial charge is 0.246 e. The molecule has 6 nitrogen and oxygen atoms in total. The first-order valence-electron chi connectivity index (χ1n) is 9.70. The summed E-state index contributed by atoms with van der Waals surface area (Å²) in [5, 5.41) is 14.6. The highest BCUT2D eigenvalue weighted by Crippen LogP contribution is 2.37. The molecule has 1 heterocycles. The van der Waals surface area contributed by atoms with E-state index in [0.717, 1.165) is 9.26 Å². The number of rotatable bonds is 10. The number of aliphatic hydroxyl groups is 1. The second kappa shape index (κ2) is 10.0. The molecule has 0 fully saturated rings. The Morgan fingerprint density at radius 2 is 1.89 bits per heavy atom. The van der Waals surface area contributed by atoms with E-state index in [0.29, 0.717) is 32.2 Å². The topological polar surface area (TPSA) is 59.8 Å². The van der Waals surface area contributed by atoms with E-state index < -0.39 is 8.32 Å². The molecule has 0 radical (unpaired) electrons. The van der Waals surface area contributed by atoms with Gasteiger partial charge in [-0.15, -0.1) is 5.10 Å². The Kier molecular flexibility index (Phi) is 9.25. The minimum Gasteiger partial charge on any atom is -0.476 e. The van der Waals surface area contributed by atoms with E-state index in [1.165, 1.54) is 0 Å². The van der Waals surface area contributed by atoms with Crippen molar-refractivity contribution < 1.29 is 14.3 Å². The average molecular weight is 512 g/mol. The van der Waals surface area contributed by atoms with Crippen molar-refractivity contribution in [2.45, 2.75) is 78.4 Å². The van der Waals surface area contributed by atoms with E-state index in [1.54, 1.807) is 6.92 Å². The van der Waals surface area contributed by atoms with Gasteiger partial charge in [-0.25, -0.2) is 0 Å². The van der Waals surface area contributed by atoms with Gasteiger partial charge in [0.15, 0.2) is 8.32 Å². The first-order chi connectivity index (χ1) is 12.3. The maximum absolute atomic E-state index is 9.68. The fraction of sp³-hybridized carbons (Fsp3) is 0.842. The van der Waals surface area contributed by atoms with Gasteiger partial charge in [-0.05, 0) is 68.5 Å². The molecule has 0 saturated carbocycles. The number of hydrogen-bond donors (Lipinski definition) is 1. The van der Waals surface area contributed by atoms with Crippen LogP contribution >= 0.6 is 22.6 Å². The van der Waals surface area contributed by atoms with Gasteiger partial charge in [-0.3, -0.25) is 9.58 Å². The highest BCUT2D eigenvalue weighted by molar-refractivity contribution is 14.1. The van der Waals surface area contributed by atoms with Crippen LogP contribution in [-0.2, 0) is 11.0 Å². The summed E-state index contributed by atoms with van der Waals surface area (Å²) in [7, 11) is 0.200. The lowest BCUT2D eigenvalue weighted by atomic mass is 10.2. The van der Waals surface area contributed by atoms with E-state index in [1.807, 2.05) is 18.7 Å². The summed E-state index contributed by atoms with van der Waals surface area (Å²) in [6.07, 6.45) is -0.366. The van der Waals surface area contributed by atoms with Crippen LogP contribution < -0.4 is 4.74 Å². The summed E-state index contributed by atoms with van der Waals surface area (Å²) in [5.41, 5.74) is 1.11. The summed E-state index contributed by atoms with van der Waals surface area (Å²) in [6.45, 7) is 19.8. The second-order valence-corrected chi connectivity index (χ2v) is 14.8. The third-order valence-electron chi connectivity index (χ3n) is 5.10. The third-order valence-corrected chi connectivity index (χ3v) is 10.7. The van der Waals surface area contributed by atoms with Gasteiger partial charge < -0.3 is 14.3 Å². The third kappa shape index (κ3) is 6.99. The minimum atomic E-state index is -1.81. The molecular weight excluding hydrogens is 473 g/mol. The summed E-state index contributed by atoms with van der Waals surface area (Å²) in [5.74, 6) is 0.678. The molecule has 158 valence electrons. The molecule has 0 amide bonds. The SMILES string of the molecule is CCOc1nn([C@@H](C)CO[Si](C)(C)C(C)(C)C)c(CN(C)C[C@@H](C)O)c1I. The van der Waals surface area contributed by atoms with Gasteiger partial charge >= 0.3 is 0 Å². The number of nitrogens with zero attached hydrogens (tertiary/aromatic N) is 3. The van der Waals surface area contributed by atoms with Crippen LogP contribution in [0, 0.1) is 3.57 Å². The lowest BCUT2D eigenvalue weighted by Crippen LogP contribution is -2.42. The van der Waals surface area contributed by atoms with Crippen molar-refractivity contribution in [3.8, 4) is 5.88 Å². The fourth-order valence-electron chi connectivity index (χ4n) is 2.55. The Hall–Kier alpha value is -0.163. The maximum atomic E-state index is 9.68. The molecule has 0 aliphatic rings. The molecule has 1 rings (SSSR count). The normalized spacial score (nSPS) is 15.3. The molecule has 0 aromatic carbocycles. The second-order valence-electron chi connectivity index (χ2n) is 8.91. The van der Waals surface area contributed by atoms with E-state index in [9.17, 15) is 5.11 Å². The average Bonchev–Trinajstić information content (AvgIpc) is 2.80. The number of likely N-dealkylation sites (N-methyl/N-ethyl adjacent to an activating group) is 1. The van der Waals surface area contributed by atoms with Crippen molar-refractivity contribution in [1.82, 2.24) is 14.7 Å². The zero-order chi connectivity index (χ0) is 21.0. The molecule has 27 heavy (non-hydrogen) atoms. The molecule has 0 unspecified atom stereocenters. The Morgan fingerprint density at radius 3 is 2.37 bits per heavy atom. The zero-order valence-corrected chi connectivity index (χ0v) is 21.6. The van der Waals surface area contributed by atoms with Crippen LogP contribution in [-0.4, -0.2) is 61.0 Å². The van der Waals surface area contributed by atoms with Crippen LogP contribution in [0.15, 0.2) is 0 Å². The van der Waals surface area contributed by atoms with Gasteiger partial charge in [0.25, 0.3) is 0 Å². The lowest BCUT2D eigenvalue weighted by molar-refractivity contribution is 0.135. The standard InChI is InChI=1S/C19H38IN3O3Si/c1-10-25-18-17(20)16(12-22(7)11-15(3)24)23(21-18)14(2)13-26-27(8,9)19(4,5)6/h14-15,24H,10-13H2,1-9H3/t14-,15+/m0/s1. The Labute approximate surface area is 179 Å². The van der Waals surface area contributed by atoms with E-state index in [-0.39, 0.29) is 17.2 Å². The molecule has 0 aliphatic heterocycles. The number of hydrogen-bond acceptors (Lipinski definition) is 5. The molecule has 0 aliphatic carbocycles. The molecule has 1 aromatic heterocycles. The number of aliphatic hydroxyl groups excluding tert-OH is 1.